The molecule has 34 heavy (non-hydrogen) atoms. The molecular formula is C29H42N2O3. The lowest BCUT2D eigenvalue weighted by molar-refractivity contribution is -0.134. The fourth-order valence-corrected chi connectivity index (χ4v) is 3.55. The van der Waals surface area contributed by atoms with Crippen LogP contribution in [0.25, 0.3) is 0 Å². The second-order valence-corrected chi connectivity index (χ2v) is 8.12. The maximum absolute atomic E-state index is 12.7. The van der Waals surface area contributed by atoms with Gasteiger partial charge in [0.2, 0.25) is 5.91 Å². The molecule has 0 radical (unpaired) electrons. The molecule has 3 N–H and O–H groups in total. The Hall–Kier alpha value is -2.92. The lowest BCUT2D eigenvalue weighted by atomic mass is 9.97. The van der Waals surface area contributed by atoms with E-state index in [1.165, 1.54) is 0 Å². The summed E-state index contributed by atoms with van der Waals surface area (Å²) in [6.07, 6.45) is 34.6. The van der Waals surface area contributed by atoms with Crippen LogP contribution in [0.5, 0.6) is 0 Å². The van der Waals surface area contributed by atoms with Crippen molar-refractivity contribution in [2.24, 2.45) is 5.73 Å². The molecule has 1 aliphatic rings. The van der Waals surface area contributed by atoms with Crippen LogP contribution in [0.15, 0.2) is 84.7 Å². The van der Waals surface area contributed by atoms with Crippen molar-refractivity contribution in [3.63, 3.8) is 0 Å². The van der Waals surface area contributed by atoms with E-state index in [9.17, 15) is 14.7 Å². The Morgan fingerprint density at radius 2 is 1.47 bits per heavy atom. The molecule has 1 unspecified atom stereocenters. The number of carbonyl (C=O) groups is 2. The summed E-state index contributed by atoms with van der Waals surface area (Å²) < 4.78 is 0. The number of hydrogen-bond acceptors (Lipinski definition) is 3. The molecule has 1 rings (SSSR count). The van der Waals surface area contributed by atoms with E-state index < -0.39 is 12.0 Å². The van der Waals surface area contributed by atoms with Gasteiger partial charge in [0.05, 0.1) is 11.6 Å². The van der Waals surface area contributed by atoms with Crippen molar-refractivity contribution in [2.75, 3.05) is 6.54 Å². The van der Waals surface area contributed by atoms with Gasteiger partial charge in [-0.15, -0.1) is 0 Å². The Morgan fingerprint density at radius 1 is 0.912 bits per heavy atom. The van der Waals surface area contributed by atoms with Gasteiger partial charge < -0.3 is 15.7 Å². The second-order valence-electron chi connectivity index (χ2n) is 8.12. The Kier molecular flexibility index (Phi) is 16.7. The van der Waals surface area contributed by atoms with Crippen LogP contribution in [0, 0.1) is 0 Å². The van der Waals surface area contributed by atoms with Crippen molar-refractivity contribution in [1.29, 1.82) is 0 Å². The second kappa shape index (κ2) is 19.5. The number of nitrogens with zero attached hydrogens (tertiary/aromatic N) is 1. The van der Waals surface area contributed by atoms with E-state index in [1.807, 2.05) is 0 Å². The highest BCUT2D eigenvalue weighted by atomic mass is 16.4. The Balaban J connectivity index is 2.23. The summed E-state index contributed by atoms with van der Waals surface area (Å²) in [5.41, 5.74) is 5.84. The van der Waals surface area contributed by atoms with Crippen LogP contribution < -0.4 is 5.73 Å². The van der Waals surface area contributed by atoms with Crippen LogP contribution in [0.4, 0.5) is 0 Å². The Bertz CT molecular complexity index is 800. The Morgan fingerprint density at radius 3 is 2.00 bits per heavy atom. The monoisotopic (exact) mass is 466 g/mol. The summed E-state index contributed by atoms with van der Waals surface area (Å²) in [5.74, 6) is -1.03. The quantitative estimate of drug-likeness (QED) is 0.192. The van der Waals surface area contributed by atoms with Crippen LogP contribution in [-0.4, -0.2) is 34.5 Å². The number of hydrogen-bond donors (Lipinski definition) is 2. The molecule has 186 valence electrons. The molecule has 0 bridgehead atoms. The van der Waals surface area contributed by atoms with Gasteiger partial charge in [0.1, 0.15) is 0 Å². The third-order valence-electron chi connectivity index (χ3n) is 5.35. The first kappa shape index (κ1) is 29.1. The highest BCUT2D eigenvalue weighted by Crippen LogP contribution is 2.22. The zero-order chi connectivity index (χ0) is 24.9. The molecule has 0 saturated heterocycles. The summed E-state index contributed by atoms with van der Waals surface area (Å²) in [5, 5.41) is 9.45. The summed E-state index contributed by atoms with van der Waals surface area (Å²) in [7, 11) is 0. The van der Waals surface area contributed by atoms with Gasteiger partial charge in [0.15, 0.2) is 0 Å². The lowest BCUT2D eigenvalue weighted by Gasteiger charge is -2.31. The summed E-state index contributed by atoms with van der Waals surface area (Å²) in [6.45, 7) is 2.61. The van der Waals surface area contributed by atoms with Gasteiger partial charge in [-0.1, -0.05) is 67.7 Å². The molecule has 5 nitrogen and oxygen atoms in total. The van der Waals surface area contributed by atoms with Crippen LogP contribution in [-0.2, 0) is 9.59 Å². The van der Waals surface area contributed by atoms with Gasteiger partial charge in [-0.25, -0.2) is 4.79 Å². The number of allylic oxidation sites excluding steroid dienone is 12. The molecule has 0 aliphatic carbocycles. The zero-order valence-electron chi connectivity index (χ0n) is 20.6. The van der Waals surface area contributed by atoms with E-state index in [-0.39, 0.29) is 11.5 Å². The third-order valence-corrected chi connectivity index (χ3v) is 5.35. The third kappa shape index (κ3) is 12.9. The van der Waals surface area contributed by atoms with E-state index in [1.54, 1.807) is 23.3 Å². The predicted molar refractivity (Wildman–Crippen MR) is 142 cm³/mol. The van der Waals surface area contributed by atoms with Crippen molar-refractivity contribution >= 4 is 11.9 Å². The fraction of sp³-hybridized carbons (Fsp3) is 0.448. The lowest BCUT2D eigenvalue weighted by Crippen LogP contribution is -2.41. The van der Waals surface area contributed by atoms with Crippen LogP contribution in [0.3, 0.4) is 0 Å². The van der Waals surface area contributed by atoms with E-state index in [4.69, 9.17) is 5.73 Å². The standard InChI is InChI=1S/C29H42N2O3/c1-2-3-4-5-6-7-8-9-10-11-12-13-14-15-16-17-18-23-28(32)31-25-20-21-26(29(33)34)27(31)22-19-24-30/h3-4,6-7,9-10,12-13,15-16,20-21,25,27H,2,5,8,11,14,17-19,22-24,30H2,1H3,(H,33,34). The minimum absolute atomic E-state index is 0.0440. The molecule has 0 aromatic carbocycles. The van der Waals surface area contributed by atoms with Crippen LogP contribution in [0.2, 0.25) is 0 Å². The van der Waals surface area contributed by atoms with Crippen molar-refractivity contribution in [1.82, 2.24) is 4.90 Å². The average molecular weight is 467 g/mol. The summed E-state index contributed by atoms with van der Waals surface area (Å²) >= 11 is 0. The van der Waals surface area contributed by atoms with Crippen molar-refractivity contribution in [2.45, 2.75) is 77.2 Å². The van der Waals surface area contributed by atoms with E-state index in [0.29, 0.717) is 25.8 Å². The average Bonchev–Trinajstić information content (AvgIpc) is 2.84. The SMILES string of the molecule is CCC=CCC=CCC=CCC=CCC=CCCCC(=O)N1C=CC=C(C(=O)O)C1CCCN. The van der Waals surface area contributed by atoms with Crippen molar-refractivity contribution in [3.05, 3.63) is 84.7 Å². The molecule has 0 fully saturated rings. The highest BCUT2D eigenvalue weighted by Gasteiger charge is 2.29. The number of nitrogens with two attached hydrogens (primary N) is 1. The van der Waals surface area contributed by atoms with Gasteiger partial charge in [-0.3, -0.25) is 4.79 Å². The van der Waals surface area contributed by atoms with Gasteiger partial charge in [0.25, 0.3) is 0 Å². The minimum atomic E-state index is -0.983. The first-order valence-electron chi connectivity index (χ1n) is 12.5. The molecule has 1 atom stereocenters. The highest BCUT2D eigenvalue weighted by molar-refractivity contribution is 5.90. The fourth-order valence-electron chi connectivity index (χ4n) is 3.55. The molecular weight excluding hydrogens is 424 g/mol. The van der Waals surface area contributed by atoms with Gasteiger partial charge >= 0.3 is 5.97 Å². The number of unbranched alkanes of at least 4 members (excludes halogenated alkanes) is 1. The zero-order valence-corrected chi connectivity index (χ0v) is 20.6. The van der Waals surface area contributed by atoms with Gasteiger partial charge in [-0.2, -0.15) is 0 Å². The number of aliphatic carboxylic acids is 1. The molecule has 1 amide bonds. The van der Waals surface area contributed by atoms with Crippen LogP contribution in [0.1, 0.15) is 71.1 Å². The van der Waals surface area contributed by atoms with E-state index in [2.05, 4.69) is 67.7 Å². The molecule has 1 aliphatic heterocycles. The molecule has 0 saturated carbocycles. The predicted octanol–water partition coefficient (Wildman–Crippen LogP) is 6.38. The van der Waals surface area contributed by atoms with Gasteiger partial charge in [-0.05, 0) is 76.5 Å². The van der Waals surface area contributed by atoms with E-state index in [0.717, 1.165) is 44.9 Å². The number of carbonyl (C=O) groups excluding carboxylic acids is 1. The van der Waals surface area contributed by atoms with Gasteiger partial charge in [0, 0.05) is 12.6 Å². The molecule has 0 aromatic rings. The Labute approximate surface area is 205 Å². The minimum Gasteiger partial charge on any atom is -0.478 e. The first-order chi connectivity index (χ1) is 16.6. The largest absolute Gasteiger partial charge is 0.478 e. The topological polar surface area (TPSA) is 83.6 Å². The number of carboxylic acids is 1. The number of carboxylic acid groups (broad SMARTS) is 1. The molecule has 0 spiro atoms. The number of amides is 1. The van der Waals surface area contributed by atoms with Crippen molar-refractivity contribution in [3.8, 4) is 0 Å². The molecule has 1 heterocycles. The smallest absolute Gasteiger partial charge is 0.333 e. The molecule has 0 aromatic heterocycles. The number of rotatable bonds is 17. The maximum Gasteiger partial charge on any atom is 0.333 e. The van der Waals surface area contributed by atoms with Crippen LogP contribution >= 0.6 is 0 Å². The normalized spacial score (nSPS) is 16.7. The van der Waals surface area contributed by atoms with E-state index >= 15 is 0 Å². The first-order valence-corrected chi connectivity index (χ1v) is 12.5. The maximum atomic E-state index is 12.7. The summed E-state index contributed by atoms with van der Waals surface area (Å²) in [4.78, 5) is 25.8. The van der Waals surface area contributed by atoms with Crippen molar-refractivity contribution < 1.29 is 14.7 Å². The summed E-state index contributed by atoms with van der Waals surface area (Å²) in [6, 6.07) is -0.438. The molecule has 5 heteroatoms.